The Hall–Kier alpha value is -0.140. The van der Waals surface area contributed by atoms with Crippen molar-refractivity contribution < 1.29 is 8.42 Å². The van der Waals surface area contributed by atoms with Crippen LogP contribution in [0.25, 0.3) is 0 Å². The van der Waals surface area contributed by atoms with Gasteiger partial charge in [0.15, 0.2) is 9.84 Å². The third-order valence-corrected chi connectivity index (χ3v) is 6.48. The van der Waals surface area contributed by atoms with Crippen molar-refractivity contribution in [2.75, 3.05) is 25.4 Å². The molecule has 4 nitrogen and oxygen atoms in total. The standard InChI is InChI=1S/C15H23BrN2O2S.ClH/c1-15(2)11-18(8-7-14(15)17)9-10-21(19,20)13-5-3-12(16)4-6-13;/h3-6,14H,7-11,17H2,1-2H3;1H. The van der Waals surface area contributed by atoms with E-state index in [0.29, 0.717) is 11.4 Å². The molecule has 0 amide bonds. The van der Waals surface area contributed by atoms with Gasteiger partial charge in [-0.3, -0.25) is 0 Å². The Morgan fingerprint density at radius 2 is 1.91 bits per heavy atom. The molecule has 1 saturated heterocycles. The van der Waals surface area contributed by atoms with Crippen LogP contribution in [-0.2, 0) is 9.84 Å². The predicted octanol–water partition coefficient (Wildman–Crippen LogP) is 2.70. The summed E-state index contributed by atoms with van der Waals surface area (Å²) in [7, 11) is -3.22. The molecule has 1 fully saturated rings. The first-order chi connectivity index (χ1) is 9.71. The van der Waals surface area contributed by atoms with Crippen LogP contribution in [-0.4, -0.2) is 44.7 Å². The molecule has 7 heteroatoms. The van der Waals surface area contributed by atoms with Gasteiger partial charge in [0.1, 0.15) is 0 Å². The topological polar surface area (TPSA) is 63.4 Å². The van der Waals surface area contributed by atoms with Crippen molar-refractivity contribution >= 4 is 38.2 Å². The number of halogens is 2. The van der Waals surface area contributed by atoms with Crippen LogP contribution < -0.4 is 5.73 Å². The van der Waals surface area contributed by atoms with Gasteiger partial charge in [-0.2, -0.15) is 0 Å². The zero-order valence-electron chi connectivity index (χ0n) is 13.0. The first-order valence-corrected chi connectivity index (χ1v) is 9.61. The molecule has 0 aliphatic carbocycles. The quantitative estimate of drug-likeness (QED) is 0.827. The van der Waals surface area contributed by atoms with Crippen LogP contribution in [0.3, 0.4) is 0 Å². The molecule has 1 aliphatic rings. The minimum absolute atomic E-state index is 0. The van der Waals surface area contributed by atoms with Crippen LogP contribution in [0.2, 0.25) is 0 Å². The van der Waals surface area contributed by atoms with Gasteiger partial charge < -0.3 is 10.6 Å². The number of benzene rings is 1. The molecular formula is C15H24BrClN2O2S. The van der Waals surface area contributed by atoms with Crippen LogP contribution in [0.4, 0.5) is 0 Å². The van der Waals surface area contributed by atoms with E-state index in [1.54, 1.807) is 24.3 Å². The average Bonchev–Trinajstić information content (AvgIpc) is 2.41. The van der Waals surface area contributed by atoms with Crippen LogP contribution in [0.1, 0.15) is 20.3 Å². The van der Waals surface area contributed by atoms with E-state index in [1.807, 2.05) is 0 Å². The van der Waals surface area contributed by atoms with E-state index in [2.05, 4.69) is 34.7 Å². The van der Waals surface area contributed by atoms with Gasteiger partial charge in [-0.25, -0.2) is 8.42 Å². The number of hydrogen-bond acceptors (Lipinski definition) is 4. The normalized spacial score (nSPS) is 22.1. The van der Waals surface area contributed by atoms with Crippen LogP contribution in [0.15, 0.2) is 33.6 Å². The summed E-state index contributed by atoms with van der Waals surface area (Å²) in [6.07, 6.45) is 0.922. The first kappa shape index (κ1) is 19.9. The summed E-state index contributed by atoms with van der Waals surface area (Å²) in [5.74, 6) is 0.153. The Morgan fingerprint density at radius 3 is 2.45 bits per heavy atom. The van der Waals surface area contributed by atoms with Crippen molar-refractivity contribution in [3.63, 3.8) is 0 Å². The fourth-order valence-electron chi connectivity index (χ4n) is 2.68. The smallest absolute Gasteiger partial charge is 0.179 e. The molecule has 0 bridgehead atoms. The van der Waals surface area contributed by atoms with Gasteiger partial charge in [-0.1, -0.05) is 29.8 Å². The molecule has 1 aliphatic heterocycles. The Bertz CT molecular complexity index is 590. The molecular weight excluding hydrogens is 388 g/mol. The lowest BCUT2D eigenvalue weighted by Gasteiger charge is -2.42. The average molecular weight is 412 g/mol. The molecule has 0 aromatic heterocycles. The highest BCUT2D eigenvalue weighted by atomic mass is 79.9. The van der Waals surface area contributed by atoms with Gasteiger partial charge >= 0.3 is 0 Å². The second kappa shape index (κ2) is 7.62. The molecule has 2 rings (SSSR count). The summed E-state index contributed by atoms with van der Waals surface area (Å²) >= 11 is 3.32. The summed E-state index contributed by atoms with van der Waals surface area (Å²) in [5.41, 5.74) is 6.15. The number of likely N-dealkylation sites (tertiary alicyclic amines) is 1. The Balaban J connectivity index is 0.00000242. The van der Waals surface area contributed by atoms with Crippen molar-refractivity contribution in [1.82, 2.24) is 4.90 Å². The highest BCUT2D eigenvalue weighted by Gasteiger charge is 2.33. The zero-order valence-corrected chi connectivity index (χ0v) is 16.2. The second-order valence-corrected chi connectivity index (χ2v) is 9.46. The SMILES string of the molecule is CC1(C)CN(CCS(=O)(=O)c2ccc(Br)cc2)CCC1N.Cl. The van der Waals surface area contributed by atoms with Gasteiger partial charge in [-0.15, -0.1) is 12.4 Å². The van der Waals surface area contributed by atoms with Crippen molar-refractivity contribution in [3.8, 4) is 0 Å². The Kier molecular flexibility index (Phi) is 6.89. The van der Waals surface area contributed by atoms with Crippen molar-refractivity contribution in [3.05, 3.63) is 28.7 Å². The molecule has 1 unspecified atom stereocenters. The number of sulfone groups is 1. The lowest BCUT2D eigenvalue weighted by Crippen LogP contribution is -2.53. The summed E-state index contributed by atoms with van der Waals surface area (Å²) in [5, 5.41) is 0. The first-order valence-electron chi connectivity index (χ1n) is 7.17. The highest BCUT2D eigenvalue weighted by Crippen LogP contribution is 2.27. The van der Waals surface area contributed by atoms with E-state index in [4.69, 9.17) is 5.73 Å². The van der Waals surface area contributed by atoms with Crippen LogP contribution in [0.5, 0.6) is 0 Å². The van der Waals surface area contributed by atoms with E-state index in [1.165, 1.54) is 0 Å². The van der Waals surface area contributed by atoms with Crippen LogP contribution in [0, 0.1) is 5.41 Å². The number of nitrogens with two attached hydrogens (primary N) is 1. The maximum Gasteiger partial charge on any atom is 0.179 e. The van der Waals surface area contributed by atoms with E-state index in [0.717, 1.165) is 24.0 Å². The Labute approximate surface area is 147 Å². The fourth-order valence-corrected chi connectivity index (χ4v) is 4.23. The lowest BCUT2D eigenvalue weighted by atomic mass is 9.80. The van der Waals surface area contributed by atoms with Gasteiger partial charge in [0.2, 0.25) is 0 Å². The summed E-state index contributed by atoms with van der Waals surface area (Å²) in [6, 6.07) is 7.01. The molecule has 1 aromatic rings. The predicted molar refractivity (Wildman–Crippen MR) is 96.3 cm³/mol. The molecule has 0 saturated carbocycles. The maximum atomic E-state index is 12.3. The van der Waals surface area contributed by atoms with E-state index in [-0.39, 0.29) is 29.6 Å². The summed E-state index contributed by atoms with van der Waals surface area (Å²) < 4.78 is 25.6. The van der Waals surface area contributed by atoms with Gasteiger partial charge in [-0.05, 0) is 42.6 Å². The van der Waals surface area contributed by atoms with E-state index in [9.17, 15) is 8.42 Å². The third kappa shape index (κ3) is 4.93. The van der Waals surface area contributed by atoms with Gasteiger partial charge in [0, 0.05) is 23.6 Å². The second-order valence-electron chi connectivity index (χ2n) is 6.43. The van der Waals surface area contributed by atoms with Gasteiger partial charge in [0.05, 0.1) is 10.6 Å². The van der Waals surface area contributed by atoms with Gasteiger partial charge in [0.25, 0.3) is 0 Å². The molecule has 22 heavy (non-hydrogen) atoms. The summed E-state index contributed by atoms with van der Waals surface area (Å²) in [4.78, 5) is 2.60. The number of hydrogen-bond donors (Lipinski definition) is 1. The molecule has 0 radical (unpaired) electrons. The highest BCUT2D eigenvalue weighted by molar-refractivity contribution is 9.10. The lowest BCUT2D eigenvalue weighted by molar-refractivity contribution is 0.101. The van der Waals surface area contributed by atoms with Crippen molar-refractivity contribution in [2.24, 2.45) is 11.1 Å². The largest absolute Gasteiger partial charge is 0.327 e. The molecule has 1 atom stereocenters. The fraction of sp³-hybridized carbons (Fsp3) is 0.600. The van der Waals surface area contributed by atoms with Crippen LogP contribution >= 0.6 is 28.3 Å². The van der Waals surface area contributed by atoms with E-state index < -0.39 is 9.84 Å². The van der Waals surface area contributed by atoms with E-state index >= 15 is 0 Å². The van der Waals surface area contributed by atoms with Crippen molar-refractivity contribution in [2.45, 2.75) is 31.2 Å². The number of nitrogens with zero attached hydrogens (tertiary/aromatic N) is 1. The Morgan fingerprint density at radius 1 is 1.32 bits per heavy atom. The monoisotopic (exact) mass is 410 g/mol. The maximum absolute atomic E-state index is 12.3. The third-order valence-electron chi connectivity index (χ3n) is 4.24. The molecule has 2 N–H and O–H groups in total. The minimum atomic E-state index is -3.22. The molecule has 1 aromatic carbocycles. The molecule has 126 valence electrons. The molecule has 0 spiro atoms. The van der Waals surface area contributed by atoms with Crippen molar-refractivity contribution in [1.29, 1.82) is 0 Å². The number of piperidine rings is 1. The zero-order chi connectivity index (χ0) is 15.7. The number of rotatable bonds is 4. The summed E-state index contributed by atoms with van der Waals surface area (Å²) in [6.45, 7) is 6.58. The minimum Gasteiger partial charge on any atom is -0.327 e. The molecule has 1 heterocycles.